The van der Waals surface area contributed by atoms with E-state index in [1.165, 1.54) is 0 Å². The molecule has 262 valence electrons. The van der Waals surface area contributed by atoms with E-state index in [0.29, 0.717) is 17.6 Å². The summed E-state index contributed by atoms with van der Waals surface area (Å²) in [5, 5.41) is 4.38. The van der Waals surface area contributed by atoms with Crippen LogP contribution in [0, 0.1) is 0 Å². The molecule has 0 spiro atoms. The van der Waals surface area contributed by atoms with Crippen molar-refractivity contribution in [3.05, 3.63) is 194 Å². The molecule has 0 aliphatic rings. The van der Waals surface area contributed by atoms with Gasteiger partial charge in [0.25, 0.3) is 0 Å². The van der Waals surface area contributed by atoms with Gasteiger partial charge in [0.1, 0.15) is 11.2 Å². The summed E-state index contributed by atoms with van der Waals surface area (Å²) in [4.78, 5) is 15.6. The fraction of sp³-hybridized carbons (Fsp3) is 0. The van der Waals surface area contributed by atoms with Crippen molar-refractivity contribution in [2.24, 2.45) is 0 Å². The number of benzene rings is 8. The summed E-state index contributed by atoms with van der Waals surface area (Å²) >= 11 is 0. The quantitative estimate of drug-likeness (QED) is 0.172. The molecule has 0 bridgehead atoms. The predicted octanol–water partition coefficient (Wildman–Crippen LogP) is 13.2. The van der Waals surface area contributed by atoms with Gasteiger partial charge in [-0.2, -0.15) is 9.97 Å². The Morgan fingerprint density at radius 1 is 0.321 bits per heavy atom. The smallest absolute Gasteiger partial charge is 0.238 e. The molecular formula is C51H32N4O. The molecule has 0 amide bonds. The van der Waals surface area contributed by atoms with Crippen molar-refractivity contribution in [2.45, 2.75) is 0 Å². The van der Waals surface area contributed by atoms with Crippen LogP contribution in [-0.2, 0) is 0 Å². The Morgan fingerprint density at radius 2 is 0.786 bits per heavy atom. The van der Waals surface area contributed by atoms with E-state index in [4.69, 9.17) is 19.4 Å². The fourth-order valence-electron chi connectivity index (χ4n) is 8.07. The summed E-state index contributed by atoms with van der Waals surface area (Å²) in [5.41, 5.74) is 12.1. The molecule has 0 aliphatic carbocycles. The van der Waals surface area contributed by atoms with Crippen LogP contribution in [0.1, 0.15) is 0 Å². The van der Waals surface area contributed by atoms with E-state index in [-0.39, 0.29) is 0 Å². The number of furan rings is 1. The van der Waals surface area contributed by atoms with Gasteiger partial charge >= 0.3 is 0 Å². The molecule has 0 atom stereocenters. The van der Waals surface area contributed by atoms with Gasteiger partial charge in [0.15, 0.2) is 11.6 Å². The lowest BCUT2D eigenvalue weighted by molar-refractivity contribution is 0.671. The van der Waals surface area contributed by atoms with E-state index in [1.54, 1.807) is 0 Å². The van der Waals surface area contributed by atoms with E-state index < -0.39 is 0 Å². The van der Waals surface area contributed by atoms with E-state index in [9.17, 15) is 0 Å². The molecule has 0 saturated heterocycles. The molecule has 0 N–H and O–H groups in total. The van der Waals surface area contributed by atoms with Crippen LogP contribution in [0.25, 0.3) is 106 Å². The van der Waals surface area contributed by atoms with Gasteiger partial charge < -0.3 is 4.42 Å². The molecule has 5 nitrogen and oxygen atoms in total. The van der Waals surface area contributed by atoms with E-state index in [0.717, 1.165) is 88.3 Å². The Bertz CT molecular complexity index is 3220. The second-order valence-corrected chi connectivity index (χ2v) is 14.0. The monoisotopic (exact) mass is 716 g/mol. The third kappa shape index (κ3) is 5.21. The van der Waals surface area contributed by atoms with Crippen molar-refractivity contribution in [1.82, 2.24) is 19.5 Å². The first-order chi connectivity index (χ1) is 27.8. The van der Waals surface area contributed by atoms with Crippen LogP contribution in [-0.4, -0.2) is 19.5 Å². The van der Waals surface area contributed by atoms with Gasteiger partial charge in [-0.05, 0) is 22.8 Å². The maximum Gasteiger partial charge on any atom is 0.238 e. The zero-order chi connectivity index (χ0) is 37.0. The van der Waals surface area contributed by atoms with Gasteiger partial charge in [0.05, 0.1) is 11.0 Å². The Morgan fingerprint density at radius 3 is 1.46 bits per heavy atom. The van der Waals surface area contributed by atoms with Crippen molar-refractivity contribution in [1.29, 1.82) is 0 Å². The molecular weight excluding hydrogens is 685 g/mol. The Balaban J connectivity index is 1.17. The van der Waals surface area contributed by atoms with Crippen LogP contribution in [0.5, 0.6) is 0 Å². The number of hydrogen-bond donors (Lipinski definition) is 0. The standard InChI is InChI=1S/C51H32N4O/c1-4-15-33(16-5-1)34-29-31-37(32-30-34)50-52-49(36-19-8-3-9-20-36)53-51(54-50)55-45-28-11-10-21-39(45)40-23-13-24-41(46(40)55)42-25-14-27-44-43-26-12-22-38(47(43)56-48(42)44)35-17-6-2-7-18-35/h1-32H. The number of rotatable bonds is 6. The summed E-state index contributed by atoms with van der Waals surface area (Å²) < 4.78 is 9.14. The van der Waals surface area contributed by atoms with Crippen LogP contribution in [0.4, 0.5) is 0 Å². The second-order valence-electron chi connectivity index (χ2n) is 14.0. The van der Waals surface area contributed by atoms with Crippen molar-refractivity contribution in [2.75, 3.05) is 0 Å². The van der Waals surface area contributed by atoms with Crippen molar-refractivity contribution >= 4 is 43.7 Å². The van der Waals surface area contributed by atoms with Crippen molar-refractivity contribution in [3.8, 4) is 62.1 Å². The van der Waals surface area contributed by atoms with Crippen LogP contribution < -0.4 is 0 Å². The van der Waals surface area contributed by atoms with Crippen molar-refractivity contribution in [3.63, 3.8) is 0 Å². The number of fused-ring (bicyclic) bond motifs is 6. The Hall–Kier alpha value is -7.63. The summed E-state index contributed by atoms with van der Waals surface area (Å²) in [5.74, 6) is 1.75. The SMILES string of the molecule is c1ccc(-c2ccc(-c3nc(-c4ccccc4)nc(-n4c5ccccc5c5cccc(-c6cccc7c6oc6c(-c8ccccc8)cccc67)c54)n3)cc2)cc1. The highest BCUT2D eigenvalue weighted by Crippen LogP contribution is 2.43. The van der Waals surface area contributed by atoms with Gasteiger partial charge in [-0.25, -0.2) is 4.98 Å². The molecule has 11 rings (SSSR count). The average Bonchev–Trinajstić information content (AvgIpc) is 3.84. The molecule has 3 aromatic heterocycles. The average molecular weight is 717 g/mol. The van der Waals surface area contributed by atoms with E-state index in [1.807, 2.05) is 42.5 Å². The first-order valence-electron chi connectivity index (χ1n) is 18.8. The number of aromatic nitrogens is 4. The lowest BCUT2D eigenvalue weighted by atomic mass is 9.98. The maximum atomic E-state index is 6.94. The highest BCUT2D eigenvalue weighted by atomic mass is 16.3. The van der Waals surface area contributed by atoms with Crippen LogP contribution in [0.15, 0.2) is 199 Å². The molecule has 11 aromatic rings. The highest BCUT2D eigenvalue weighted by Gasteiger charge is 2.23. The summed E-state index contributed by atoms with van der Waals surface area (Å²) in [6.07, 6.45) is 0. The zero-order valence-electron chi connectivity index (χ0n) is 30.2. The minimum Gasteiger partial charge on any atom is -0.455 e. The minimum absolute atomic E-state index is 0.544. The first-order valence-corrected chi connectivity index (χ1v) is 18.8. The summed E-state index contributed by atoms with van der Waals surface area (Å²) in [6.45, 7) is 0. The number of para-hydroxylation sites is 4. The van der Waals surface area contributed by atoms with Crippen LogP contribution in [0.2, 0.25) is 0 Å². The summed E-state index contributed by atoms with van der Waals surface area (Å²) in [6, 6.07) is 67.3. The summed E-state index contributed by atoms with van der Waals surface area (Å²) in [7, 11) is 0. The van der Waals surface area contributed by atoms with Gasteiger partial charge in [0.2, 0.25) is 5.95 Å². The Labute approximate surface area is 322 Å². The minimum atomic E-state index is 0.544. The van der Waals surface area contributed by atoms with Crippen LogP contribution >= 0.6 is 0 Å². The topological polar surface area (TPSA) is 56.7 Å². The first kappa shape index (κ1) is 31.9. The number of nitrogens with zero attached hydrogens (tertiary/aromatic N) is 4. The van der Waals surface area contributed by atoms with Gasteiger partial charge in [-0.15, -0.1) is 0 Å². The van der Waals surface area contributed by atoms with Gasteiger partial charge in [0, 0.05) is 49.4 Å². The second kappa shape index (κ2) is 13.0. The van der Waals surface area contributed by atoms with Crippen molar-refractivity contribution < 1.29 is 4.42 Å². The van der Waals surface area contributed by atoms with Gasteiger partial charge in [-0.3, -0.25) is 4.57 Å². The molecule has 0 unspecified atom stereocenters. The number of hydrogen-bond acceptors (Lipinski definition) is 4. The molecule has 0 aliphatic heterocycles. The third-order valence-electron chi connectivity index (χ3n) is 10.7. The molecule has 0 radical (unpaired) electrons. The molecule has 0 saturated carbocycles. The largest absolute Gasteiger partial charge is 0.455 e. The molecule has 8 aromatic carbocycles. The molecule has 5 heteroatoms. The highest BCUT2D eigenvalue weighted by molar-refractivity contribution is 6.18. The normalized spacial score (nSPS) is 11.6. The maximum absolute atomic E-state index is 6.94. The molecule has 56 heavy (non-hydrogen) atoms. The molecule has 3 heterocycles. The Kier molecular flexibility index (Phi) is 7.42. The molecule has 0 fully saturated rings. The zero-order valence-corrected chi connectivity index (χ0v) is 30.2. The van der Waals surface area contributed by atoms with Gasteiger partial charge in [-0.1, -0.05) is 188 Å². The lowest BCUT2D eigenvalue weighted by Gasteiger charge is -2.13. The van der Waals surface area contributed by atoms with E-state index >= 15 is 0 Å². The van der Waals surface area contributed by atoms with Crippen LogP contribution in [0.3, 0.4) is 0 Å². The third-order valence-corrected chi connectivity index (χ3v) is 10.7. The fourth-order valence-corrected chi connectivity index (χ4v) is 8.07. The predicted molar refractivity (Wildman–Crippen MR) is 229 cm³/mol. The lowest BCUT2D eigenvalue weighted by Crippen LogP contribution is -2.07. The van der Waals surface area contributed by atoms with E-state index in [2.05, 4.69) is 156 Å².